The van der Waals surface area contributed by atoms with Crippen LogP contribution in [0.4, 0.5) is 18.9 Å². The quantitative estimate of drug-likeness (QED) is 0.789. The van der Waals surface area contributed by atoms with Gasteiger partial charge in [0.25, 0.3) is 0 Å². The molecule has 0 saturated carbocycles. The minimum atomic E-state index is -4.40. The third kappa shape index (κ3) is 5.45. The number of aromatic nitrogens is 1. The molecule has 28 heavy (non-hydrogen) atoms. The second kappa shape index (κ2) is 8.91. The number of aryl methyl sites for hydroxylation is 1. The number of thiazole rings is 1. The number of nitrogens with zero attached hydrogens (tertiary/aromatic N) is 3. The lowest BCUT2D eigenvalue weighted by atomic mass is 10.2. The van der Waals surface area contributed by atoms with E-state index >= 15 is 0 Å². The molecule has 1 aliphatic rings. The number of alkyl halides is 3. The van der Waals surface area contributed by atoms with Crippen molar-refractivity contribution in [3.63, 3.8) is 0 Å². The fourth-order valence-electron chi connectivity index (χ4n) is 3.06. The number of piperazine rings is 1. The van der Waals surface area contributed by atoms with Gasteiger partial charge in [-0.25, -0.2) is 4.98 Å². The fraction of sp³-hybridized carbons (Fsp3) is 0.474. The molecule has 0 spiro atoms. The third-order valence-electron chi connectivity index (χ3n) is 4.65. The maximum Gasteiger partial charge on any atom is 0.416 e. The van der Waals surface area contributed by atoms with Gasteiger partial charge < -0.3 is 10.2 Å². The van der Waals surface area contributed by atoms with Crippen LogP contribution in [0.25, 0.3) is 0 Å². The summed E-state index contributed by atoms with van der Waals surface area (Å²) in [5, 5.41) is 6.01. The third-order valence-corrected chi connectivity index (χ3v) is 5.69. The van der Waals surface area contributed by atoms with Gasteiger partial charge in [0.1, 0.15) is 0 Å². The Morgan fingerprint density at radius 2 is 2.00 bits per heavy atom. The first-order valence-corrected chi connectivity index (χ1v) is 10.1. The Bertz CT molecular complexity index is 800. The Morgan fingerprint density at radius 3 is 2.64 bits per heavy atom. The van der Waals surface area contributed by atoms with Crippen molar-refractivity contribution < 1.29 is 18.0 Å². The fourth-order valence-corrected chi connectivity index (χ4v) is 3.80. The molecule has 1 fully saturated rings. The van der Waals surface area contributed by atoms with Crippen LogP contribution in [0, 0.1) is 0 Å². The number of halogens is 3. The molecule has 1 amide bonds. The minimum absolute atomic E-state index is 0.0206. The van der Waals surface area contributed by atoms with Crippen molar-refractivity contribution in [1.29, 1.82) is 0 Å². The Kier molecular flexibility index (Phi) is 6.56. The lowest BCUT2D eigenvalue weighted by molar-refractivity contribution is -0.137. The van der Waals surface area contributed by atoms with Gasteiger partial charge in [-0.15, -0.1) is 11.3 Å². The van der Waals surface area contributed by atoms with Crippen molar-refractivity contribution in [1.82, 2.24) is 14.8 Å². The van der Waals surface area contributed by atoms with E-state index in [0.717, 1.165) is 48.9 Å². The van der Waals surface area contributed by atoms with Gasteiger partial charge in [-0.1, -0.05) is 13.0 Å². The molecule has 0 unspecified atom stereocenters. The van der Waals surface area contributed by atoms with Crippen LogP contribution in [-0.4, -0.2) is 53.4 Å². The van der Waals surface area contributed by atoms with Crippen molar-refractivity contribution in [2.24, 2.45) is 0 Å². The van der Waals surface area contributed by atoms with Crippen molar-refractivity contribution in [3.8, 4) is 0 Å². The van der Waals surface area contributed by atoms with Gasteiger partial charge >= 0.3 is 6.18 Å². The lowest BCUT2D eigenvalue weighted by Gasteiger charge is -2.34. The van der Waals surface area contributed by atoms with E-state index in [4.69, 9.17) is 0 Å². The van der Waals surface area contributed by atoms with Crippen LogP contribution in [0.15, 0.2) is 29.6 Å². The lowest BCUT2D eigenvalue weighted by Crippen LogP contribution is -2.49. The summed E-state index contributed by atoms with van der Waals surface area (Å²) in [6.07, 6.45) is -3.46. The molecule has 2 aromatic rings. The van der Waals surface area contributed by atoms with Gasteiger partial charge in [0.2, 0.25) is 5.91 Å². The van der Waals surface area contributed by atoms with E-state index < -0.39 is 11.7 Å². The summed E-state index contributed by atoms with van der Waals surface area (Å²) >= 11 is 1.67. The number of carbonyl (C=O) groups excluding carboxylic acids is 1. The van der Waals surface area contributed by atoms with Crippen LogP contribution in [0.1, 0.15) is 23.2 Å². The molecule has 0 aliphatic carbocycles. The van der Waals surface area contributed by atoms with Gasteiger partial charge in [0, 0.05) is 43.8 Å². The molecule has 1 saturated heterocycles. The standard InChI is InChI=1S/C19H23F3N4OS/c1-2-17-24-16(13-28-17)12-25-6-8-26(9-7-25)18(27)11-23-15-5-3-4-14(10-15)19(20,21)22/h3-5,10,13,23H,2,6-9,11-12H2,1H3. The number of hydrogen-bond acceptors (Lipinski definition) is 5. The Hall–Kier alpha value is -2.13. The summed E-state index contributed by atoms with van der Waals surface area (Å²) in [4.78, 5) is 21.0. The summed E-state index contributed by atoms with van der Waals surface area (Å²) in [5.41, 5.74) is 0.622. The summed E-state index contributed by atoms with van der Waals surface area (Å²) < 4.78 is 38.3. The average molecular weight is 412 g/mol. The Labute approximate surface area is 166 Å². The van der Waals surface area contributed by atoms with Gasteiger partial charge in [-0.05, 0) is 24.6 Å². The first kappa shape index (κ1) is 20.6. The Balaban J connectivity index is 1.45. The van der Waals surface area contributed by atoms with E-state index in [1.54, 1.807) is 16.2 Å². The van der Waals surface area contributed by atoms with Crippen LogP contribution in [0.2, 0.25) is 0 Å². The van der Waals surface area contributed by atoms with Crippen molar-refractivity contribution in [3.05, 3.63) is 45.9 Å². The molecule has 1 aliphatic heterocycles. The molecule has 2 heterocycles. The number of nitrogens with one attached hydrogen (secondary N) is 1. The van der Waals surface area contributed by atoms with Crippen LogP contribution in [0.3, 0.4) is 0 Å². The molecule has 1 aromatic heterocycles. The highest BCUT2D eigenvalue weighted by molar-refractivity contribution is 7.09. The second-order valence-electron chi connectivity index (χ2n) is 6.68. The predicted molar refractivity (Wildman–Crippen MR) is 103 cm³/mol. The van der Waals surface area contributed by atoms with Gasteiger partial charge in [0.05, 0.1) is 22.8 Å². The van der Waals surface area contributed by atoms with E-state index in [1.165, 1.54) is 12.1 Å². The van der Waals surface area contributed by atoms with Crippen molar-refractivity contribution in [2.75, 3.05) is 38.0 Å². The predicted octanol–water partition coefficient (Wildman–Crippen LogP) is 3.48. The van der Waals surface area contributed by atoms with E-state index in [-0.39, 0.29) is 18.1 Å². The maximum absolute atomic E-state index is 12.8. The van der Waals surface area contributed by atoms with E-state index in [2.05, 4.69) is 27.5 Å². The molecule has 1 aromatic carbocycles. The number of rotatable bonds is 6. The average Bonchev–Trinajstić information content (AvgIpc) is 3.14. The normalized spacial score (nSPS) is 15.6. The summed E-state index contributed by atoms with van der Waals surface area (Å²) in [6.45, 7) is 5.57. The highest BCUT2D eigenvalue weighted by Gasteiger charge is 2.30. The molecule has 0 bridgehead atoms. The topological polar surface area (TPSA) is 48.5 Å². The largest absolute Gasteiger partial charge is 0.416 e. The summed E-state index contributed by atoms with van der Waals surface area (Å²) in [6, 6.07) is 4.89. The highest BCUT2D eigenvalue weighted by atomic mass is 32.1. The van der Waals surface area contributed by atoms with Gasteiger partial charge in [0.15, 0.2) is 0 Å². The first-order chi connectivity index (χ1) is 13.3. The molecule has 3 rings (SSSR count). The summed E-state index contributed by atoms with van der Waals surface area (Å²) in [5.74, 6) is -0.112. The number of carbonyl (C=O) groups is 1. The zero-order chi connectivity index (χ0) is 20.1. The van der Waals surface area contributed by atoms with Crippen molar-refractivity contribution in [2.45, 2.75) is 26.1 Å². The van der Waals surface area contributed by atoms with Crippen molar-refractivity contribution >= 4 is 22.9 Å². The highest BCUT2D eigenvalue weighted by Crippen LogP contribution is 2.30. The number of amides is 1. The molecule has 152 valence electrons. The SMILES string of the molecule is CCc1nc(CN2CCN(C(=O)CNc3cccc(C(F)(F)F)c3)CC2)cs1. The molecule has 0 radical (unpaired) electrons. The van der Waals surface area contributed by atoms with Gasteiger partial charge in [-0.3, -0.25) is 9.69 Å². The summed E-state index contributed by atoms with van der Waals surface area (Å²) in [7, 11) is 0. The van der Waals surface area contributed by atoms with Crippen LogP contribution in [-0.2, 0) is 23.9 Å². The molecule has 1 N–H and O–H groups in total. The zero-order valence-electron chi connectivity index (χ0n) is 15.6. The van der Waals surface area contributed by atoms with Crippen LogP contribution >= 0.6 is 11.3 Å². The molecule has 0 atom stereocenters. The molecule has 9 heteroatoms. The monoisotopic (exact) mass is 412 g/mol. The van der Waals surface area contributed by atoms with E-state index in [0.29, 0.717) is 13.1 Å². The maximum atomic E-state index is 12.8. The van der Waals surface area contributed by atoms with Crippen LogP contribution in [0.5, 0.6) is 0 Å². The van der Waals surface area contributed by atoms with Crippen LogP contribution < -0.4 is 5.32 Å². The molecular weight excluding hydrogens is 389 g/mol. The smallest absolute Gasteiger partial charge is 0.376 e. The van der Waals surface area contributed by atoms with E-state index in [9.17, 15) is 18.0 Å². The molecular formula is C19H23F3N4OS. The number of hydrogen-bond donors (Lipinski definition) is 1. The first-order valence-electron chi connectivity index (χ1n) is 9.19. The Morgan fingerprint density at radius 1 is 1.25 bits per heavy atom. The second-order valence-corrected chi connectivity index (χ2v) is 7.62. The van der Waals surface area contributed by atoms with Gasteiger partial charge in [-0.2, -0.15) is 13.2 Å². The number of anilines is 1. The minimum Gasteiger partial charge on any atom is -0.376 e. The molecule has 5 nitrogen and oxygen atoms in total. The number of benzene rings is 1. The van der Waals surface area contributed by atoms with E-state index in [1.807, 2.05) is 0 Å². The zero-order valence-corrected chi connectivity index (χ0v) is 16.4.